The van der Waals surface area contributed by atoms with Crippen LogP contribution in [-0.4, -0.2) is 41.2 Å². The lowest BCUT2D eigenvalue weighted by atomic mass is 10.1. The minimum absolute atomic E-state index is 0.0727. The second-order valence-corrected chi connectivity index (χ2v) is 6.53. The summed E-state index contributed by atoms with van der Waals surface area (Å²) < 4.78 is 1.85. The highest BCUT2D eigenvalue weighted by molar-refractivity contribution is 5.94. The number of benzene rings is 2. The first-order chi connectivity index (χ1) is 12.6. The first-order valence-corrected chi connectivity index (χ1v) is 8.67. The fraction of sp³-hybridized carbons (Fsp3) is 0.238. The minimum atomic E-state index is -0.0727. The maximum absolute atomic E-state index is 12.5. The van der Waals surface area contributed by atoms with Crippen LogP contribution in [0.25, 0.3) is 5.69 Å². The smallest absolute Gasteiger partial charge is 0.251 e. The van der Waals surface area contributed by atoms with E-state index >= 15 is 0 Å². The summed E-state index contributed by atoms with van der Waals surface area (Å²) in [7, 11) is 4.04. The summed E-state index contributed by atoms with van der Waals surface area (Å²) in [5.74, 6) is -0.0727. The van der Waals surface area contributed by atoms with E-state index in [1.54, 1.807) is 6.20 Å². The summed E-state index contributed by atoms with van der Waals surface area (Å²) in [5.41, 5.74) is 3.82. The van der Waals surface area contributed by atoms with Crippen LogP contribution in [0.4, 0.5) is 0 Å². The lowest BCUT2D eigenvalue weighted by molar-refractivity contribution is 0.0942. The first kappa shape index (κ1) is 17.9. The van der Waals surface area contributed by atoms with Gasteiger partial charge in [-0.1, -0.05) is 30.3 Å². The molecule has 5 nitrogen and oxygen atoms in total. The lowest BCUT2D eigenvalue weighted by Crippen LogP contribution is -2.34. The number of nitrogens with zero attached hydrogens (tertiary/aromatic N) is 3. The largest absolute Gasteiger partial charge is 0.350 e. The molecule has 0 fully saturated rings. The Morgan fingerprint density at radius 3 is 2.35 bits per heavy atom. The molecular weight excluding hydrogens is 324 g/mol. The van der Waals surface area contributed by atoms with Crippen molar-refractivity contribution in [2.24, 2.45) is 0 Å². The van der Waals surface area contributed by atoms with E-state index in [2.05, 4.69) is 27.4 Å². The number of hydrogen-bond acceptors (Lipinski definition) is 3. The fourth-order valence-electron chi connectivity index (χ4n) is 2.96. The quantitative estimate of drug-likeness (QED) is 0.744. The number of aromatic nitrogens is 2. The van der Waals surface area contributed by atoms with Crippen molar-refractivity contribution in [3.05, 3.63) is 83.7 Å². The monoisotopic (exact) mass is 348 g/mol. The highest BCUT2D eigenvalue weighted by Crippen LogP contribution is 2.17. The Labute approximate surface area is 154 Å². The van der Waals surface area contributed by atoms with Crippen molar-refractivity contribution in [1.29, 1.82) is 0 Å². The predicted molar refractivity (Wildman–Crippen MR) is 104 cm³/mol. The van der Waals surface area contributed by atoms with Crippen LogP contribution in [0.3, 0.4) is 0 Å². The topological polar surface area (TPSA) is 50.2 Å². The molecule has 0 spiro atoms. The van der Waals surface area contributed by atoms with Crippen LogP contribution in [-0.2, 0) is 0 Å². The van der Waals surface area contributed by atoms with Gasteiger partial charge in [0, 0.05) is 24.0 Å². The molecule has 3 rings (SSSR count). The van der Waals surface area contributed by atoms with Crippen molar-refractivity contribution in [2.45, 2.75) is 13.0 Å². The molecular formula is C21H24N4O. The molecule has 1 amide bonds. The molecule has 3 aromatic rings. The van der Waals surface area contributed by atoms with Gasteiger partial charge >= 0.3 is 0 Å². The fourth-order valence-corrected chi connectivity index (χ4v) is 2.96. The maximum atomic E-state index is 12.5. The number of amides is 1. The Morgan fingerprint density at radius 2 is 1.77 bits per heavy atom. The van der Waals surface area contributed by atoms with Crippen LogP contribution in [0.5, 0.6) is 0 Å². The van der Waals surface area contributed by atoms with Crippen LogP contribution in [0.2, 0.25) is 0 Å². The zero-order valence-corrected chi connectivity index (χ0v) is 15.4. The molecule has 2 aromatic carbocycles. The Bertz CT molecular complexity index is 853. The van der Waals surface area contributed by atoms with Gasteiger partial charge < -0.3 is 10.2 Å². The van der Waals surface area contributed by atoms with Crippen LogP contribution in [0.1, 0.15) is 27.7 Å². The van der Waals surface area contributed by atoms with Gasteiger partial charge in [-0.05, 0) is 56.9 Å². The van der Waals surface area contributed by atoms with Crippen molar-refractivity contribution < 1.29 is 4.79 Å². The molecule has 0 saturated heterocycles. The summed E-state index contributed by atoms with van der Waals surface area (Å²) in [6.45, 7) is 2.55. The highest BCUT2D eigenvalue weighted by atomic mass is 16.1. The minimum Gasteiger partial charge on any atom is -0.350 e. The molecule has 0 saturated carbocycles. The maximum Gasteiger partial charge on any atom is 0.251 e. The standard InChI is InChI=1S/C21H24N4O/c1-16-13-14-23-25(16)19-11-9-18(10-12-19)21(26)22-15-20(24(2)3)17-7-5-4-6-8-17/h4-14,20H,15H2,1-3H3,(H,22,26)/t20-/m1/s1. The Morgan fingerprint density at radius 1 is 1.08 bits per heavy atom. The van der Waals surface area contributed by atoms with E-state index in [9.17, 15) is 4.79 Å². The Kier molecular flexibility index (Phi) is 5.49. The second-order valence-electron chi connectivity index (χ2n) is 6.53. The van der Waals surface area contributed by atoms with Gasteiger partial charge in [0.25, 0.3) is 5.91 Å². The van der Waals surface area contributed by atoms with Gasteiger partial charge in [-0.3, -0.25) is 4.79 Å². The molecule has 1 atom stereocenters. The van der Waals surface area contributed by atoms with Crippen molar-refractivity contribution in [2.75, 3.05) is 20.6 Å². The highest BCUT2D eigenvalue weighted by Gasteiger charge is 2.15. The van der Waals surface area contributed by atoms with Gasteiger partial charge in [0.05, 0.1) is 11.7 Å². The Balaban J connectivity index is 1.67. The van der Waals surface area contributed by atoms with E-state index in [0.717, 1.165) is 11.4 Å². The van der Waals surface area contributed by atoms with E-state index in [0.29, 0.717) is 12.1 Å². The molecule has 0 bridgehead atoms. The molecule has 1 N–H and O–H groups in total. The third-order valence-corrected chi connectivity index (χ3v) is 4.47. The Hall–Kier alpha value is -2.92. The van der Waals surface area contributed by atoms with E-state index in [-0.39, 0.29) is 11.9 Å². The average Bonchev–Trinajstić information content (AvgIpc) is 3.08. The number of nitrogens with one attached hydrogen (secondary N) is 1. The number of hydrogen-bond donors (Lipinski definition) is 1. The van der Waals surface area contributed by atoms with Gasteiger partial charge in [-0.2, -0.15) is 5.10 Å². The zero-order valence-electron chi connectivity index (χ0n) is 15.4. The zero-order chi connectivity index (χ0) is 18.5. The number of rotatable bonds is 6. The summed E-state index contributed by atoms with van der Waals surface area (Å²) in [4.78, 5) is 14.6. The van der Waals surface area contributed by atoms with Gasteiger partial charge in [0.2, 0.25) is 0 Å². The second kappa shape index (κ2) is 7.97. The summed E-state index contributed by atoms with van der Waals surface area (Å²) in [6.07, 6.45) is 1.76. The van der Waals surface area contributed by atoms with Gasteiger partial charge in [0.1, 0.15) is 0 Å². The van der Waals surface area contributed by atoms with Crippen molar-refractivity contribution in [1.82, 2.24) is 20.0 Å². The molecule has 5 heteroatoms. The van der Waals surface area contributed by atoms with Crippen molar-refractivity contribution >= 4 is 5.91 Å². The molecule has 1 heterocycles. The number of aryl methyl sites for hydroxylation is 1. The number of carbonyl (C=O) groups excluding carboxylic acids is 1. The third kappa shape index (κ3) is 4.00. The number of likely N-dealkylation sites (N-methyl/N-ethyl adjacent to an activating group) is 1. The molecule has 0 aliphatic heterocycles. The van der Waals surface area contributed by atoms with E-state index in [1.807, 2.05) is 74.2 Å². The van der Waals surface area contributed by atoms with Crippen LogP contribution < -0.4 is 5.32 Å². The third-order valence-electron chi connectivity index (χ3n) is 4.47. The van der Waals surface area contributed by atoms with Crippen molar-refractivity contribution in [3.8, 4) is 5.69 Å². The number of carbonyl (C=O) groups is 1. The summed E-state index contributed by atoms with van der Waals surface area (Å²) in [6, 6.07) is 19.8. The summed E-state index contributed by atoms with van der Waals surface area (Å²) in [5, 5.41) is 7.33. The SMILES string of the molecule is Cc1ccnn1-c1ccc(C(=O)NC[C@H](c2ccccc2)N(C)C)cc1. The van der Waals surface area contributed by atoms with Gasteiger partial charge in [0.15, 0.2) is 0 Å². The average molecular weight is 348 g/mol. The molecule has 1 aromatic heterocycles. The first-order valence-electron chi connectivity index (χ1n) is 8.67. The normalized spacial score (nSPS) is 12.2. The molecule has 134 valence electrons. The molecule has 0 radical (unpaired) electrons. The summed E-state index contributed by atoms with van der Waals surface area (Å²) >= 11 is 0. The van der Waals surface area contributed by atoms with Crippen LogP contribution in [0.15, 0.2) is 66.9 Å². The van der Waals surface area contributed by atoms with E-state index in [4.69, 9.17) is 0 Å². The molecule has 26 heavy (non-hydrogen) atoms. The molecule has 0 aliphatic carbocycles. The predicted octanol–water partition coefficient (Wildman–Crippen LogP) is 3.21. The van der Waals surface area contributed by atoms with Crippen LogP contribution >= 0.6 is 0 Å². The molecule has 0 unspecified atom stereocenters. The van der Waals surface area contributed by atoms with E-state index in [1.165, 1.54) is 5.56 Å². The van der Waals surface area contributed by atoms with E-state index < -0.39 is 0 Å². The lowest BCUT2D eigenvalue weighted by Gasteiger charge is -2.25. The van der Waals surface area contributed by atoms with Crippen molar-refractivity contribution in [3.63, 3.8) is 0 Å². The van der Waals surface area contributed by atoms with Gasteiger partial charge in [-0.25, -0.2) is 4.68 Å². The van der Waals surface area contributed by atoms with Crippen LogP contribution in [0, 0.1) is 6.92 Å². The van der Waals surface area contributed by atoms with Gasteiger partial charge in [-0.15, -0.1) is 0 Å². The molecule has 0 aliphatic rings.